The van der Waals surface area contributed by atoms with Crippen LogP contribution in [0.3, 0.4) is 0 Å². The van der Waals surface area contributed by atoms with E-state index in [9.17, 15) is 13.2 Å². The number of halogens is 7. The van der Waals surface area contributed by atoms with Crippen molar-refractivity contribution in [3.05, 3.63) is 44.5 Å². The smallest absolute Gasteiger partial charge is 0.433 e. The highest BCUT2D eigenvalue weighted by Gasteiger charge is 2.34. The van der Waals surface area contributed by atoms with Crippen LogP contribution < -0.4 is 18.9 Å². The summed E-state index contributed by atoms with van der Waals surface area (Å²) >= 11 is 23.3. The minimum Gasteiger partial charge on any atom is -0.490 e. The van der Waals surface area contributed by atoms with E-state index in [0.29, 0.717) is 18.2 Å². The average Bonchev–Trinajstić information content (AvgIpc) is 2.68. The lowest BCUT2D eigenvalue weighted by atomic mass is 10.3. The molecule has 2 aromatic rings. The molecule has 0 unspecified atom stereocenters. The van der Waals surface area contributed by atoms with Crippen molar-refractivity contribution in [2.45, 2.75) is 12.6 Å². The highest BCUT2D eigenvalue weighted by atomic mass is 35.5. The Hall–Kier alpha value is -1.81. The SMILES string of the molecule is COc1nc(OCCCOc2c(Cl)cc(OCC=C(Cl)Cl)cc2Cl)cc(C(F)(F)F)n1. The van der Waals surface area contributed by atoms with Crippen molar-refractivity contribution < 1.29 is 32.1 Å². The van der Waals surface area contributed by atoms with Gasteiger partial charge < -0.3 is 18.9 Å². The molecular weight excluding hydrogens is 507 g/mol. The monoisotopic (exact) mass is 520 g/mol. The van der Waals surface area contributed by atoms with E-state index in [-0.39, 0.29) is 46.0 Å². The molecule has 0 atom stereocenters. The van der Waals surface area contributed by atoms with Crippen LogP contribution in [0.1, 0.15) is 12.1 Å². The predicted octanol–water partition coefficient (Wildman–Crippen LogP) is 6.36. The molecule has 1 aromatic carbocycles. The standard InChI is InChI=1S/C18H15Cl4F3N2O4/c1-28-17-26-13(18(23,24)25)9-15(27-17)30-4-2-5-31-16-11(19)7-10(8-12(16)20)29-6-3-14(21)22/h3,7-9H,2,4-6H2,1H3. The summed E-state index contributed by atoms with van der Waals surface area (Å²) in [6, 6.07) is 3.23. The zero-order valence-corrected chi connectivity index (χ0v) is 18.8. The van der Waals surface area contributed by atoms with Gasteiger partial charge in [-0.3, -0.25) is 0 Å². The van der Waals surface area contributed by atoms with Gasteiger partial charge in [0.2, 0.25) is 5.88 Å². The van der Waals surface area contributed by atoms with Gasteiger partial charge >= 0.3 is 12.2 Å². The topological polar surface area (TPSA) is 62.7 Å². The highest BCUT2D eigenvalue weighted by Crippen LogP contribution is 2.37. The fraction of sp³-hybridized carbons (Fsp3) is 0.333. The first-order chi connectivity index (χ1) is 14.6. The molecule has 13 heteroatoms. The Morgan fingerprint density at radius 1 is 1.00 bits per heavy atom. The Labute approximate surface area is 195 Å². The van der Waals surface area contributed by atoms with Crippen LogP contribution in [0.4, 0.5) is 13.2 Å². The number of benzene rings is 1. The Bertz CT molecular complexity index is 902. The van der Waals surface area contributed by atoms with E-state index in [2.05, 4.69) is 14.7 Å². The van der Waals surface area contributed by atoms with E-state index < -0.39 is 17.9 Å². The van der Waals surface area contributed by atoms with Gasteiger partial charge in [0.15, 0.2) is 11.4 Å². The van der Waals surface area contributed by atoms with Crippen LogP contribution in [0.2, 0.25) is 10.0 Å². The van der Waals surface area contributed by atoms with Crippen molar-refractivity contribution >= 4 is 46.4 Å². The maximum atomic E-state index is 12.9. The largest absolute Gasteiger partial charge is 0.490 e. The normalized spacial score (nSPS) is 11.1. The molecular formula is C18H15Cl4F3N2O4. The van der Waals surface area contributed by atoms with E-state index >= 15 is 0 Å². The zero-order valence-electron chi connectivity index (χ0n) is 15.8. The third kappa shape index (κ3) is 8.33. The molecule has 31 heavy (non-hydrogen) atoms. The molecule has 0 bridgehead atoms. The fourth-order valence-corrected chi connectivity index (χ4v) is 2.79. The number of ether oxygens (including phenoxy) is 4. The van der Waals surface area contributed by atoms with Crippen molar-refractivity contribution in [1.82, 2.24) is 9.97 Å². The second-order valence-corrected chi connectivity index (χ2v) is 7.47. The Kier molecular flexibility index (Phi) is 9.61. The van der Waals surface area contributed by atoms with Crippen LogP contribution in [-0.2, 0) is 6.18 Å². The summed E-state index contributed by atoms with van der Waals surface area (Å²) in [5.74, 6) is 0.335. The minimum atomic E-state index is -4.66. The molecule has 6 nitrogen and oxygen atoms in total. The van der Waals surface area contributed by atoms with Crippen LogP contribution in [0.15, 0.2) is 28.8 Å². The number of alkyl halides is 3. The van der Waals surface area contributed by atoms with Crippen molar-refractivity contribution in [1.29, 1.82) is 0 Å². The summed E-state index contributed by atoms with van der Waals surface area (Å²) < 4.78 is 59.5. The number of hydrogen-bond donors (Lipinski definition) is 0. The van der Waals surface area contributed by atoms with Gasteiger partial charge in [-0.05, 0) is 6.08 Å². The van der Waals surface area contributed by atoms with Crippen molar-refractivity contribution in [3.63, 3.8) is 0 Å². The third-order valence-corrected chi connectivity index (χ3v) is 4.27. The van der Waals surface area contributed by atoms with E-state index in [1.165, 1.54) is 18.2 Å². The van der Waals surface area contributed by atoms with Crippen LogP contribution in [0.5, 0.6) is 23.4 Å². The molecule has 1 aromatic heterocycles. The lowest BCUT2D eigenvalue weighted by molar-refractivity contribution is -0.141. The fourth-order valence-electron chi connectivity index (χ4n) is 2.08. The molecule has 0 aliphatic carbocycles. The molecule has 0 aliphatic rings. The molecule has 1 heterocycles. The zero-order chi connectivity index (χ0) is 23.0. The molecule has 0 saturated heterocycles. The molecule has 0 radical (unpaired) electrons. The second kappa shape index (κ2) is 11.7. The van der Waals surface area contributed by atoms with E-state index in [0.717, 1.165) is 7.11 Å². The molecule has 0 N–H and O–H groups in total. The van der Waals surface area contributed by atoms with Gasteiger partial charge in [-0.1, -0.05) is 46.4 Å². The quantitative estimate of drug-likeness (QED) is 0.339. The summed E-state index contributed by atoms with van der Waals surface area (Å²) in [6.45, 7) is 0.258. The van der Waals surface area contributed by atoms with Gasteiger partial charge in [-0.25, -0.2) is 0 Å². The Morgan fingerprint density at radius 2 is 1.65 bits per heavy atom. The number of methoxy groups -OCH3 is 1. The van der Waals surface area contributed by atoms with Gasteiger partial charge in [0.1, 0.15) is 16.8 Å². The van der Waals surface area contributed by atoms with Gasteiger partial charge in [0, 0.05) is 24.6 Å². The van der Waals surface area contributed by atoms with Gasteiger partial charge in [0.25, 0.3) is 0 Å². The van der Waals surface area contributed by atoms with Crippen molar-refractivity contribution in [2.24, 2.45) is 0 Å². The summed E-state index contributed by atoms with van der Waals surface area (Å²) in [5, 5.41) is 0.416. The summed E-state index contributed by atoms with van der Waals surface area (Å²) in [6.07, 6.45) is -2.91. The highest BCUT2D eigenvalue weighted by molar-refractivity contribution is 6.55. The van der Waals surface area contributed by atoms with E-state index in [4.69, 9.17) is 60.6 Å². The molecule has 2 rings (SSSR count). The van der Waals surface area contributed by atoms with Gasteiger partial charge in [0.05, 0.1) is 30.4 Å². The first kappa shape index (κ1) is 25.5. The van der Waals surface area contributed by atoms with Crippen LogP contribution in [0.25, 0.3) is 0 Å². The summed E-state index contributed by atoms with van der Waals surface area (Å²) in [7, 11) is 1.15. The number of hydrogen-bond acceptors (Lipinski definition) is 6. The first-order valence-corrected chi connectivity index (χ1v) is 10.00. The lowest BCUT2D eigenvalue weighted by Gasteiger charge is -2.13. The maximum Gasteiger partial charge on any atom is 0.433 e. The lowest BCUT2D eigenvalue weighted by Crippen LogP contribution is -2.12. The number of aromatic nitrogens is 2. The molecule has 0 saturated carbocycles. The van der Waals surface area contributed by atoms with Crippen LogP contribution in [0, 0.1) is 0 Å². The van der Waals surface area contributed by atoms with Crippen LogP contribution >= 0.6 is 46.4 Å². The molecule has 170 valence electrons. The summed E-state index contributed by atoms with van der Waals surface area (Å²) in [4.78, 5) is 6.96. The van der Waals surface area contributed by atoms with Gasteiger partial charge in [-0.2, -0.15) is 23.1 Å². The molecule has 0 aliphatic heterocycles. The average molecular weight is 522 g/mol. The number of rotatable bonds is 10. The Balaban J connectivity index is 1.88. The van der Waals surface area contributed by atoms with E-state index in [1.54, 1.807) is 0 Å². The third-order valence-electron chi connectivity index (χ3n) is 3.40. The Morgan fingerprint density at radius 3 is 2.23 bits per heavy atom. The van der Waals surface area contributed by atoms with Gasteiger partial charge in [-0.15, -0.1) is 0 Å². The van der Waals surface area contributed by atoms with Crippen molar-refractivity contribution in [2.75, 3.05) is 26.9 Å². The first-order valence-electron chi connectivity index (χ1n) is 8.49. The molecule has 0 amide bonds. The molecule has 0 spiro atoms. The number of nitrogens with zero attached hydrogens (tertiary/aromatic N) is 2. The second-order valence-electron chi connectivity index (χ2n) is 5.65. The van der Waals surface area contributed by atoms with Crippen LogP contribution in [-0.4, -0.2) is 36.9 Å². The van der Waals surface area contributed by atoms with Crippen molar-refractivity contribution in [3.8, 4) is 23.4 Å². The maximum absolute atomic E-state index is 12.9. The molecule has 0 fully saturated rings. The van der Waals surface area contributed by atoms with E-state index in [1.807, 2.05) is 0 Å². The summed E-state index contributed by atoms with van der Waals surface area (Å²) in [5.41, 5.74) is -1.17. The predicted molar refractivity (Wildman–Crippen MR) is 111 cm³/mol. The minimum absolute atomic E-state index is 0.0133.